The number of nitrogens with zero attached hydrogens (tertiary/aromatic N) is 4. The summed E-state index contributed by atoms with van der Waals surface area (Å²) in [7, 11) is 0. The fourth-order valence-electron chi connectivity index (χ4n) is 3.37. The SMILES string of the molecule is FC(F)(F)c1nc(-c2cccc([C@H]3CCCN(CC4CC4)C3)n2)no1. The summed E-state index contributed by atoms with van der Waals surface area (Å²) in [6.07, 6.45) is 0.166. The zero-order chi connectivity index (χ0) is 17.4. The second kappa shape index (κ2) is 6.40. The second-order valence-corrected chi connectivity index (χ2v) is 6.91. The molecule has 0 bridgehead atoms. The molecule has 1 saturated heterocycles. The number of piperidine rings is 1. The largest absolute Gasteiger partial charge is 0.471 e. The van der Waals surface area contributed by atoms with Gasteiger partial charge in [0.2, 0.25) is 5.82 Å². The highest BCUT2D eigenvalue weighted by molar-refractivity contribution is 5.48. The number of rotatable bonds is 4. The van der Waals surface area contributed by atoms with Crippen LogP contribution in [0.2, 0.25) is 0 Å². The van der Waals surface area contributed by atoms with Gasteiger partial charge in [0.1, 0.15) is 5.69 Å². The fraction of sp³-hybridized carbons (Fsp3) is 0.588. The van der Waals surface area contributed by atoms with Gasteiger partial charge in [0, 0.05) is 24.7 Å². The van der Waals surface area contributed by atoms with E-state index in [0.717, 1.165) is 44.1 Å². The molecular formula is C17H19F3N4O. The molecule has 1 saturated carbocycles. The predicted octanol–water partition coefficient (Wildman–Crippen LogP) is 3.74. The Balaban J connectivity index is 1.51. The van der Waals surface area contributed by atoms with Gasteiger partial charge in [-0.3, -0.25) is 0 Å². The average molecular weight is 352 g/mol. The highest BCUT2D eigenvalue weighted by Gasteiger charge is 2.38. The molecule has 0 unspecified atom stereocenters. The normalized spacial score (nSPS) is 22.3. The Morgan fingerprint density at radius 1 is 1.16 bits per heavy atom. The third-order valence-corrected chi connectivity index (χ3v) is 4.81. The minimum absolute atomic E-state index is 0.125. The fourth-order valence-corrected chi connectivity index (χ4v) is 3.37. The molecule has 4 rings (SSSR count). The van der Waals surface area contributed by atoms with Crippen LogP contribution >= 0.6 is 0 Å². The molecule has 1 aliphatic carbocycles. The van der Waals surface area contributed by atoms with Crippen LogP contribution in [0.15, 0.2) is 22.7 Å². The monoisotopic (exact) mass is 352 g/mol. The summed E-state index contributed by atoms with van der Waals surface area (Å²) in [5.74, 6) is -0.331. The summed E-state index contributed by atoms with van der Waals surface area (Å²) in [5, 5.41) is 3.42. The molecule has 1 atom stereocenters. The lowest BCUT2D eigenvalue weighted by atomic mass is 9.94. The molecule has 0 radical (unpaired) electrons. The Kier molecular flexibility index (Phi) is 4.23. The standard InChI is InChI=1S/C17H19F3N4O/c18-17(19,20)16-22-15(23-25-16)14-5-1-4-13(21-14)12-3-2-8-24(10-12)9-11-6-7-11/h1,4-5,11-12H,2-3,6-10H2/t12-/m0/s1. The minimum Gasteiger partial charge on any atom is -0.329 e. The molecular weight excluding hydrogens is 333 g/mol. The lowest BCUT2D eigenvalue weighted by Crippen LogP contribution is -2.36. The number of hydrogen-bond donors (Lipinski definition) is 0. The van der Waals surface area contributed by atoms with Crippen molar-refractivity contribution >= 4 is 0 Å². The molecule has 2 aliphatic rings. The molecule has 8 heteroatoms. The Hall–Kier alpha value is -1.96. The van der Waals surface area contributed by atoms with Gasteiger partial charge in [-0.05, 0) is 50.3 Å². The molecule has 3 heterocycles. The van der Waals surface area contributed by atoms with E-state index in [1.54, 1.807) is 12.1 Å². The van der Waals surface area contributed by atoms with Crippen molar-refractivity contribution in [3.05, 3.63) is 29.8 Å². The molecule has 0 aromatic carbocycles. The first-order valence-corrected chi connectivity index (χ1v) is 8.59. The van der Waals surface area contributed by atoms with Crippen molar-refractivity contribution in [2.45, 2.75) is 37.8 Å². The molecule has 134 valence electrons. The number of aromatic nitrogens is 3. The van der Waals surface area contributed by atoms with Crippen molar-refractivity contribution in [1.29, 1.82) is 0 Å². The van der Waals surface area contributed by atoms with Crippen molar-refractivity contribution in [3.63, 3.8) is 0 Å². The smallest absolute Gasteiger partial charge is 0.329 e. The van der Waals surface area contributed by atoms with E-state index in [-0.39, 0.29) is 5.82 Å². The maximum absolute atomic E-state index is 12.6. The summed E-state index contributed by atoms with van der Waals surface area (Å²) >= 11 is 0. The highest BCUT2D eigenvalue weighted by Crippen LogP contribution is 2.33. The third-order valence-electron chi connectivity index (χ3n) is 4.81. The van der Waals surface area contributed by atoms with Crippen LogP contribution in [0, 0.1) is 5.92 Å². The van der Waals surface area contributed by atoms with E-state index < -0.39 is 12.1 Å². The van der Waals surface area contributed by atoms with Gasteiger partial charge in [0.25, 0.3) is 0 Å². The third kappa shape index (κ3) is 3.84. The molecule has 0 amide bonds. The van der Waals surface area contributed by atoms with Crippen LogP contribution in [-0.2, 0) is 6.18 Å². The Morgan fingerprint density at radius 2 is 2.00 bits per heavy atom. The van der Waals surface area contributed by atoms with Crippen molar-refractivity contribution in [1.82, 2.24) is 20.0 Å². The maximum Gasteiger partial charge on any atom is 0.471 e. The predicted molar refractivity (Wildman–Crippen MR) is 83.7 cm³/mol. The van der Waals surface area contributed by atoms with Gasteiger partial charge in [-0.1, -0.05) is 11.2 Å². The van der Waals surface area contributed by atoms with E-state index in [1.165, 1.54) is 12.8 Å². The van der Waals surface area contributed by atoms with Gasteiger partial charge < -0.3 is 9.42 Å². The molecule has 0 spiro atoms. The van der Waals surface area contributed by atoms with Gasteiger partial charge >= 0.3 is 12.1 Å². The summed E-state index contributed by atoms with van der Waals surface area (Å²) in [6.45, 7) is 3.22. The van der Waals surface area contributed by atoms with E-state index in [9.17, 15) is 13.2 Å². The number of halogens is 3. The lowest BCUT2D eigenvalue weighted by Gasteiger charge is -2.32. The first-order chi connectivity index (χ1) is 12.0. The van der Waals surface area contributed by atoms with E-state index >= 15 is 0 Å². The quantitative estimate of drug-likeness (QED) is 0.839. The Morgan fingerprint density at radius 3 is 2.72 bits per heavy atom. The molecule has 2 fully saturated rings. The molecule has 5 nitrogen and oxygen atoms in total. The van der Waals surface area contributed by atoms with Gasteiger partial charge in [-0.2, -0.15) is 18.2 Å². The second-order valence-electron chi connectivity index (χ2n) is 6.91. The van der Waals surface area contributed by atoms with Gasteiger partial charge in [-0.25, -0.2) is 4.98 Å². The van der Waals surface area contributed by atoms with E-state index in [0.29, 0.717) is 11.6 Å². The van der Waals surface area contributed by atoms with Crippen LogP contribution in [0.3, 0.4) is 0 Å². The van der Waals surface area contributed by atoms with Crippen molar-refractivity contribution < 1.29 is 17.7 Å². The van der Waals surface area contributed by atoms with Crippen molar-refractivity contribution in [2.24, 2.45) is 5.92 Å². The van der Waals surface area contributed by atoms with E-state index in [2.05, 4.69) is 24.5 Å². The van der Waals surface area contributed by atoms with Gasteiger partial charge in [0.05, 0.1) is 0 Å². The number of pyridine rings is 1. The topological polar surface area (TPSA) is 55.1 Å². The van der Waals surface area contributed by atoms with Crippen molar-refractivity contribution in [3.8, 4) is 11.5 Å². The van der Waals surface area contributed by atoms with Crippen LogP contribution in [0.4, 0.5) is 13.2 Å². The zero-order valence-electron chi connectivity index (χ0n) is 13.7. The van der Waals surface area contributed by atoms with E-state index in [4.69, 9.17) is 0 Å². The van der Waals surface area contributed by atoms with Crippen LogP contribution < -0.4 is 0 Å². The minimum atomic E-state index is -4.64. The first-order valence-electron chi connectivity index (χ1n) is 8.59. The molecule has 2 aromatic rings. The number of alkyl halides is 3. The maximum atomic E-state index is 12.6. The van der Waals surface area contributed by atoms with Crippen LogP contribution in [0.1, 0.15) is 43.2 Å². The van der Waals surface area contributed by atoms with Crippen molar-refractivity contribution in [2.75, 3.05) is 19.6 Å². The summed E-state index contributed by atoms with van der Waals surface area (Å²) in [6, 6.07) is 5.33. The summed E-state index contributed by atoms with van der Waals surface area (Å²) in [4.78, 5) is 10.4. The highest BCUT2D eigenvalue weighted by atomic mass is 19.4. The summed E-state index contributed by atoms with van der Waals surface area (Å²) < 4.78 is 42.2. The molecule has 25 heavy (non-hydrogen) atoms. The van der Waals surface area contributed by atoms with Crippen LogP contribution in [0.5, 0.6) is 0 Å². The number of likely N-dealkylation sites (tertiary alicyclic amines) is 1. The van der Waals surface area contributed by atoms with Crippen LogP contribution in [-0.4, -0.2) is 39.7 Å². The lowest BCUT2D eigenvalue weighted by molar-refractivity contribution is -0.159. The molecule has 0 N–H and O–H groups in total. The number of hydrogen-bond acceptors (Lipinski definition) is 5. The average Bonchev–Trinajstić information content (AvgIpc) is 3.25. The molecule has 1 aliphatic heterocycles. The van der Waals surface area contributed by atoms with E-state index in [1.807, 2.05) is 6.07 Å². The summed E-state index contributed by atoms with van der Waals surface area (Å²) in [5.41, 5.74) is 1.20. The Bertz CT molecular complexity index is 741. The Labute approximate surface area is 143 Å². The van der Waals surface area contributed by atoms with Crippen LogP contribution in [0.25, 0.3) is 11.5 Å². The van der Waals surface area contributed by atoms with Gasteiger partial charge in [-0.15, -0.1) is 0 Å². The van der Waals surface area contributed by atoms with Gasteiger partial charge in [0.15, 0.2) is 0 Å². The zero-order valence-corrected chi connectivity index (χ0v) is 13.7. The first kappa shape index (κ1) is 16.5. The molecule has 2 aromatic heterocycles.